The summed E-state index contributed by atoms with van der Waals surface area (Å²) in [5.41, 5.74) is 0.212. The summed E-state index contributed by atoms with van der Waals surface area (Å²) in [5, 5.41) is 17.3. The summed E-state index contributed by atoms with van der Waals surface area (Å²) in [4.78, 5) is 10.3. The molecule has 1 aromatic rings. The Bertz CT molecular complexity index is 653. The highest BCUT2D eigenvalue weighted by Crippen LogP contribution is 2.20. The molecule has 21 heavy (non-hydrogen) atoms. The van der Waals surface area contributed by atoms with Gasteiger partial charge in [0.25, 0.3) is 0 Å². The number of rotatable bonds is 8. The van der Waals surface area contributed by atoms with Crippen LogP contribution >= 0.6 is 11.6 Å². The third kappa shape index (κ3) is 5.71. The highest BCUT2D eigenvalue weighted by Gasteiger charge is 2.15. The van der Waals surface area contributed by atoms with Crippen LogP contribution in [0.15, 0.2) is 23.1 Å². The minimum absolute atomic E-state index is 0.00274. The Labute approximate surface area is 128 Å². The molecule has 6 nitrogen and oxygen atoms in total. The Kier molecular flexibility index (Phi) is 6.62. The monoisotopic (exact) mass is 330 g/mol. The van der Waals surface area contributed by atoms with Crippen molar-refractivity contribution in [2.24, 2.45) is 0 Å². The normalized spacial score (nSPS) is 11.0. The van der Waals surface area contributed by atoms with Crippen molar-refractivity contribution in [2.75, 3.05) is 6.54 Å². The van der Waals surface area contributed by atoms with Crippen molar-refractivity contribution < 1.29 is 18.3 Å². The number of carboxylic acids is 1. The van der Waals surface area contributed by atoms with Gasteiger partial charge in [-0.3, -0.25) is 4.79 Å². The molecule has 0 radical (unpaired) electrons. The van der Waals surface area contributed by atoms with Gasteiger partial charge in [-0.1, -0.05) is 18.0 Å². The lowest BCUT2D eigenvalue weighted by Gasteiger charge is -2.07. The van der Waals surface area contributed by atoms with E-state index in [4.69, 9.17) is 22.0 Å². The Morgan fingerprint density at radius 2 is 2.05 bits per heavy atom. The molecule has 0 spiro atoms. The molecular formula is C13H15ClN2O4S. The van der Waals surface area contributed by atoms with Gasteiger partial charge in [0.15, 0.2) is 0 Å². The molecule has 0 heterocycles. The number of hydrogen-bond donors (Lipinski definition) is 2. The van der Waals surface area contributed by atoms with Crippen LogP contribution in [0.5, 0.6) is 0 Å². The number of unbranched alkanes of at least 4 members (excludes halogenated alkanes) is 2. The number of hydrogen-bond acceptors (Lipinski definition) is 4. The fraction of sp³-hybridized carbons (Fsp3) is 0.385. The van der Waals surface area contributed by atoms with Gasteiger partial charge < -0.3 is 5.11 Å². The Hall–Kier alpha value is -1.62. The molecule has 8 heteroatoms. The number of sulfonamides is 1. The maximum atomic E-state index is 12.0. The number of nitriles is 1. The molecule has 1 aromatic carbocycles. The van der Waals surface area contributed by atoms with E-state index in [1.54, 1.807) is 0 Å². The van der Waals surface area contributed by atoms with E-state index in [2.05, 4.69) is 4.72 Å². The number of aliphatic carboxylic acids is 1. The Morgan fingerprint density at radius 1 is 1.33 bits per heavy atom. The quantitative estimate of drug-likeness (QED) is 0.710. The van der Waals surface area contributed by atoms with Crippen LogP contribution in [0, 0.1) is 11.3 Å². The lowest BCUT2D eigenvalue weighted by atomic mass is 10.2. The lowest BCUT2D eigenvalue weighted by Crippen LogP contribution is -2.24. The molecule has 1 rings (SSSR count). The molecule has 2 N–H and O–H groups in total. The average Bonchev–Trinajstić information content (AvgIpc) is 2.42. The summed E-state index contributed by atoms with van der Waals surface area (Å²) in [6.07, 6.45) is 1.78. The molecule has 0 fully saturated rings. The van der Waals surface area contributed by atoms with Crippen molar-refractivity contribution in [2.45, 2.75) is 30.6 Å². The van der Waals surface area contributed by atoms with Gasteiger partial charge in [-0.2, -0.15) is 5.26 Å². The topological polar surface area (TPSA) is 107 Å². The van der Waals surface area contributed by atoms with Crippen molar-refractivity contribution in [1.29, 1.82) is 5.26 Å². The van der Waals surface area contributed by atoms with Crippen molar-refractivity contribution in [3.05, 3.63) is 28.8 Å². The Balaban J connectivity index is 2.52. The number of carboxylic acid groups (broad SMARTS) is 1. The van der Waals surface area contributed by atoms with E-state index >= 15 is 0 Å². The molecule has 0 unspecified atom stereocenters. The third-order valence-electron chi connectivity index (χ3n) is 2.73. The highest BCUT2D eigenvalue weighted by atomic mass is 35.5. The second-order valence-corrected chi connectivity index (χ2v) is 6.53. The summed E-state index contributed by atoms with van der Waals surface area (Å²) in [6, 6.07) is 5.75. The van der Waals surface area contributed by atoms with Gasteiger partial charge in [0.1, 0.15) is 6.07 Å². The van der Waals surface area contributed by atoms with E-state index in [1.165, 1.54) is 18.2 Å². The number of carbonyl (C=O) groups is 1. The zero-order valence-corrected chi connectivity index (χ0v) is 12.7. The number of benzene rings is 1. The smallest absolute Gasteiger partial charge is 0.303 e. The number of nitrogens with zero attached hydrogens (tertiary/aromatic N) is 1. The van der Waals surface area contributed by atoms with Gasteiger partial charge in [-0.25, -0.2) is 13.1 Å². The van der Waals surface area contributed by atoms with E-state index < -0.39 is 16.0 Å². The van der Waals surface area contributed by atoms with Crippen molar-refractivity contribution >= 4 is 27.6 Å². The second-order valence-electron chi connectivity index (χ2n) is 4.36. The fourth-order valence-corrected chi connectivity index (χ4v) is 3.01. The fourth-order valence-electron chi connectivity index (χ4n) is 1.62. The van der Waals surface area contributed by atoms with Crippen LogP contribution in [0.2, 0.25) is 5.02 Å². The van der Waals surface area contributed by atoms with E-state index in [0.717, 1.165) is 0 Å². The van der Waals surface area contributed by atoms with Crippen LogP contribution in [0.4, 0.5) is 0 Å². The number of nitrogens with one attached hydrogen (secondary N) is 1. The van der Waals surface area contributed by atoms with E-state index in [0.29, 0.717) is 19.3 Å². The van der Waals surface area contributed by atoms with Gasteiger partial charge in [0, 0.05) is 13.0 Å². The van der Waals surface area contributed by atoms with Gasteiger partial charge in [0.2, 0.25) is 10.0 Å². The van der Waals surface area contributed by atoms with Gasteiger partial charge in [-0.05, 0) is 31.0 Å². The average molecular weight is 331 g/mol. The molecular weight excluding hydrogens is 316 g/mol. The number of halogens is 1. The molecule has 114 valence electrons. The second kappa shape index (κ2) is 7.98. The van der Waals surface area contributed by atoms with Gasteiger partial charge in [-0.15, -0.1) is 0 Å². The van der Waals surface area contributed by atoms with Crippen molar-refractivity contribution in [3.63, 3.8) is 0 Å². The molecule has 0 saturated carbocycles. The summed E-state index contributed by atoms with van der Waals surface area (Å²) in [6.45, 7) is 0.222. The molecule has 0 aliphatic carbocycles. The van der Waals surface area contributed by atoms with Crippen LogP contribution < -0.4 is 4.72 Å². The van der Waals surface area contributed by atoms with Gasteiger partial charge in [0.05, 0.1) is 15.5 Å². The first-order valence-corrected chi connectivity index (χ1v) is 8.14. The maximum absolute atomic E-state index is 12.0. The van der Waals surface area contributed by atoms with E-state index in [9.17, 15) is 13.2 Å². The van der Waals surface area contributed by atoms with Crippen LogP contribution in [-0.4, -0.2) is 26.0 Å². The largest absolute Gasteiger partial charge is 0.481 e. The summed E-state index contributed by atoms with van der Waals surface area (Å²) >= 11 is 5.80. The zero-order chi connectivity index (χ0) is 15.9. The predicted molar refractivity (Wildman–Crippen MR) is 77.5 cm³/mol. The maximum Gasteiger partial charge on any atom is 0.303 e. The molecule has 0 bridgehead atoms. The van der Waals surface area contributed by atoms with Crippen molar-refractivity contribution in [3.8, 4) is 6.07 Å². The van der Waals surface area contributed by atoms with E-state index in [-0.39, 0.29) is 28.4 Å². The highest BCUT2D eigenvalue weighted by molar-refractivity contribution is 7.89. The first kappa shape index (κ1) is 17.4. The first-order chi connectivity index (χ1) is 9.86. The minimum Gasteiger partial charge on any atom is -0.481 e. The van der Waals surface area contributed by atoms with Crippen molar-refractivity contribution in [1.82, 2.24) is 4.72 Å². The molecule has 0 amide bonds. The van der Waals surface area contributed by atoms with Crippen LogP contribution in [0.3, 0.4) is 0 Å². The molecule has 0 aliphatic heterocycles. The van der Waals surface area contributed by atoms with Crippen LogP contribution in [0.25, 0.3) is 0 Å². The summed E-state index contributed by atoms with van der Waals surface area (Å²) in [7, 11) is -3.67. The minimum atomic E-state index is -3.67. The third-order valence-corrected chi connectivity index (χ3v) is 4.50. The predicted octanol–water partition coefficient (Wildman–Crippen LogP) is 2.13. The molecule has 0 saturated heterocycles. The molecule has 0 aliphatic rings. The van der Waals surface area contributed by atoms with Crippen LogP contribution in [-0.2, 0) is 14.8 Å². The molecule has 0 atom stereocenters. The van der Waals surface area contributed by atoms with E-state index in [1.807, 2.05) is 6.07 Å². The summed E-state index contributed by atoms with van der Waals surface area (Å²) < 4.78 is 26.4. The van der Waals surface area contributed by atoms with Crippen LogP contribution in [0.1, 0.15) is 31.2 Å². The Morgan fingerprint density at radius 3 is 2.62 bits per heavy atom. The first-order valence-electron chi connectivity index (χ1n) is 6.28. The molecule has 0 aromatic heterocycles. The SMILES string of the molecule is N#Cc1ccc(S(=O)(=O)NCCCCCC(=O)O)cc1Cl. The standard InChI is InChI=1S/C13H15ClN2O4S/c14-12-8-11(6-5-10(12)9-15)21(19,20)16-7-3-1-2-4-13(17)18/h5-6,8,16H,1-4,7H2,(H,17,18). The summed E-state index contributed by atoms with van der Waals surface area (Å²) in [5.74, 6) is -0.859. The lowest BCUT2D eigenvalue weighted by molar-refractivity contribution is -0.137. The zero-order valence-electron chi connectivity index (χ0n) is 11.2. The van der Waals surface area contributed by atoms with Gasteiger partial charge >= 0.3 is 5.97 Å².